The Morgan fingerprint density at radius 1 is 1.06 bits per heavy atom. The van der Waals surface area contributed by atoms with Crippen molar-refractivity contribution in [3.05, 3.63) is 70.0 Å². The first kappa shape index (κ1) is 24.1. The zero-order valence-electron chi connectivity index (χ0n) is 19.0. The SMILES string of the molecule is CC(C)(C)C1CCc2c(sc(NC(=O)c3ccco3)c2C(=O)Nc2cccc(C(F)(F)F)c2)C1. The second kappa shape index (κ2) is 8.94. The fraction of sp³-hybridized carbons (Fsp3) is 0.360. The molecule has 0 radical (unpaired) electrons. The van der Waals surface area contributed by atoms with Gasteiger partial charge >= 0.3 is 6.18 Å². The molecule has 0 fully saturated rings. The fourth-order valence-electron chi connectivity index (χ4n) is 4.19. The quantitative estimate of drug-likeness (QED) is 0.413. The van der Waals surface area contributed by atoms with Gasteiger partial charge in [0.2, 0.25) is 0 Å². The largest absolute Gasteiger partial charge is 0.459 e. The van der Waals surface area contributed by atoms with E-state index in [0.717, 1.165) is 35.4 Å². The van der Waals surface area contributed by atoms with Crippen LogP contribution in [0.15, 0.2) is 47.1 Å². The molecule has 0 spiro atoms. The van der Waals surface area contributed by atoms with E-state index in [1.807, 2.05) is 0 Å². The third-order valence-electron chi connectivity index (χ3n) is 6.14. The summed E-state index contributed by atoms with van der Waals surface area (Å²) in [5.74, 6) is -0.542. The van der Waals surface area contributed by atoms with Crippen molar-refractivity contribution in [2.75, 3.05) is 10.6 Å². The van der Waals surface area contributed by atoms with E-state index >= 15 is 0 Å². The van der Waals surface area contributed by atoms with Crippen molar-refractivity contribution < 1.29 is 27.2 Å². The topological polar surface area (TPSA) is 71.3 Å². The summed E-state index contributed by atoms with van der Waals surface area (Å²) in [7, 11) is 0. The van der Waals surface area contributed by atoms with Crippen LogP contribution in [0.2, 0.25) is 0 Å². The standard InChI is InChI=1S/C25H25F3N2O3S/c1-24(2,3)14-9-10-17-19(13-14)34-23(30-21(31)18-8-5-11-33-18)20(17)22(32)29-16-7-4-6-15(12-16)25(26,27)28/h4-8,11-12,14H,9-10,13H2,1-3H3,(H,29,32)(H,30,31). The first-order valence-electron chi connectivity index (χ1n) is 10.9. The normalized spacial score (nSPS) is 16.1. The van der Waals surface area contributed by atoms with E-state index in [2.05, 4.69) is 31.4 Å². The van der Waals surface area contributed by atoms with E-state index in [-0.39, 0.29) is 16.9 Å². The summed E-state index contributed by atoms with van der Waals surface area (Å²) in [4.78, 5) is 27.0. The Bertz CT molecular complexity index is 1210. The van der Waals surface area contributed by atoms with Gasteiger partial charge in [-0.15, -0.1) is 11.3 Å². The van der Waals surface area contributed by atoms with Crippen LogP contribution < -0.4 is 10.6 Å². The molecular weight excluding hydrogens is 465 g/mol. The second-order valence-corrected chi connectivity index (χ2v) is 10.6. The van der Waals surface area contributed by atoms with Gasteiger partial charge in [0.1, 0.15) is 5.00 Å². The molecule has 1 aliphatic carbocycles. The van der Waals surface area contributed by atoms with Gasteiger partial charge in [-0.3, -0.25) is 9.59 Å². The molecular formula is C25H25F3N2O3S. The zero-order chi connectivity index (χ0) is 24.7. The predicted octanol–water partition coefficient (Wildman–Crippen LogP) is 7.02. The number of amides is 2. The van der Waals surface area contributed by atoms with Crippen molar-refractivity contribution in [2.24, 2.45) is 11.3 Å². The smallest absolute Gasteiger partial charge is 0.416 e. The minimum absolute atomic E-state index is 0.0338. The summed E-state index contributed by atoms with van der Waals surface area (Å²) in [5, 5.41) is 5.73. The Balaban J connectivity index is 1.68. The number of halogens is 3. The highest BCUT2D eigenvalue weighted by Gasteiger charge is 2.35. The Morgan fingerprint density at radius 2 is 1.82 bits per heavy atom. The molecule has 1 atom stereocenters. The van der Waals surface area contributed by atoms with Crippen molar-refractivity contribution in [3.63, 3.8) is 0 Å². The monoisotopic (exact) mass is 490 g/mol. The van der Waals surface area contributed by atoms with Gasteiger partial charge in [0.25, 0.3) is 11.8 Å². The number of rotatable bonds is 4. The van der Waals surface area contributed by atoms with Crippen molar-refractivity contribution in [1.82, 2.24) is 0 Å². The molecule has 4 rings (SSSR count). The Hall–Kier alpha value is -3.07. The first-order valence-corrected chi connectivity index (χ1v) is 11.7. The molecule has 0 bridgehead atoms. The molecule has 1 unspecified atom stereocenters. The van der Waals surface area contributed by atoms with Crippen molar-refractivity contribution in [1.29, 1.82) is 0 Å². The van der Waals surface area contributed by atoms with Crippen LogP contribution in [-0.2, 0) is 19.0 Å². The van der Waals surface area contributed by atoms with Crippen LogP contribution in [0.3, 0.4) is 0 Å². The van der Waals surface area contributed by atoms with E-state index in [1.165, 1.54) is 35.8 Å². The third kappa shape index (κ3) is 5.04. The van der Waals surface area contributed by atoms with Gasteiger partial charge in [-0.05, 0) is 66.5 Å². The van der Waals surface area contributed by atoms with E-state index in [0.29, 0.717) is 22.9 Å². The minimum atomic E-state index is -4.52. The van der Waals surface area contributed by atoms with Crippen molar-refractivity contribution in [2.45, 2.75) is 46.2 Å². The number of fused-ring (bicyclic) bond motifs is 1. The molecule has 3 aromatic rings. The predicted molar refractivity (Wildman–Crippen MR) is 125 cm³/mol. The van der Waals surface area contributed by atoms with Gasteiger partial charge < -0.3 is 15.1 Å². The lowest BCUT2D eigenvalue weighted by Gasteiger charge is -2.33. The van der Waals surface area contributed by atoms with Crippen LogP contribution >= 0.6 is 11.3 Å². The van der Waals surface area contributed by atoms with Gasteiger partial charge in [-0.1, -0.05) is 26.8 Å². The molecule has 2 N–H and O–H groups in total. The molecule has 1 aromatic carbocycles. The van der Waals surface area contributed by atoms with Gasteiger partial charge in [0.15, 0.2) is 5.76 Å². The molecule has 180 valence electrons. The summed E-state index contributed by atoms with van der Waals surface area (Å²) in [6, 6.07) is 7.60. The first-order chi connectivity index (χ1) is 15.9. The minimum Gasteiger partial charge on any atom is -0.459 e. The number of anilines is 2. The molecule has 2 aromatic heterocycles. The van der Waals surface area contributed by atoms with E-state index < -0.39 is 23.6 Å². The maximum Gasteiger partial charge on any atom is 0.416 e. The molecule has 0 aliphatic heterocycles. The maximum atomic E-state index is 13.3. The fourth-order valence-corrected chi connectivity index (χ4v) is 5.51. The van der Waals surface area contributed by atoms with Gasteiger partial charge in [-0.2, -0.15) is 13.2 Å². The maximum absolute atomic E-state index is 13.3. The summed E-state index contributed by atoms with van der Waals surface area (Å²) in [6.07, 6.45) is -0.849. The van der Waals surface area contributed by atoms with E-state index in [1.54, 1.807) is 6.07 Å². The summed E-state index contributed by atoms with van der Waals surface area (Å²) < 4.78 is 44.5. The van der Waals surface area contributed by atoms with Crippen LogP contribution in [0, 0.1) is 11.3 Å². The number of hydrogen-bond acceptors (Lipinski definition) is 4. The highest BCUT2D eigenvalue weighted by atomic mass is 32.1. The lowest BCUT2D eigenvalue weighted by Crippen LogP contribution is -2.27. The number of alkyl halides is 3. The Labute approximate surface area is 199 Å². The molecule has 0 saturated carbocycles. The molecule has 2 heterocycles. The molecule has 9 heteroatoms. The van der Waals surface area contributed by atoms with Gasteiger partial charge in [-0.25, -0.2) is 0 Å². The highest BCUT2D eigenvalue weighted by Crippen LogP contribution is 2.44. The van der Waals surface area contributed by atoms with Crippen LogP contribution in [0.1, 0.15) is 64.1 Å². The second-order valence-electron chi connectivity index (χ2n) is 9.48. The zero-order valence-corrected chi connectivity index (χ0v) is 19.8. The molecule has 5 nitrogen and oxygen atoms in total. The lowest BCUT2D eigenvalue weighted by molar-refractivity contribution is -0.137. The van der Waals surface area contributed by atoms with Crippen molar-refractivity contribution >= 4 is 33.8 Å². The third-order valence-corrected chi connectivity index (χ3v) is 7.31. The molecule has 2 amide bonds. The number of furan rings is 1. The van der Waals surface area contributed by atoms with Crippen LogP contribution in [0.5, 0.6) is 0 Å². The Kier molecular flexibility index (Phi) is 6.33. The van der Waals surface area contributed by atoms with Gasteiger partial charge in [0, 0.05) is 10.6 Å². The number of benzene rings is 1. The van der Waals surface area contributed by atoms with E-state index in [4.69, 9.17) is 4.42 Å². The molecule has 1 aliphatic rings. The molecule has 34 heavy (non-hydrogen) atoms. The number of carbonyl (C=O) groups excluding carboxylic acids is 2. The highest BCUT2D eigenvalue weighted by molar-refractivity contribution is 7.17. The van der Waals surface area contributed by atoms with Crippen LogP contribution in [0.4, 0.5) is 23.9 Å². The summed E-state index contributed by atoms with van der Waals surface area (Å²) in [6.45, 7) is 6.53. The average Bonchev–Trinajstić information content (AvgIpc) is 3.40. The van der Waals surface area contributed by atoms with Crippen LogP contribution in [0.25, 0.3) is 0 Å². The summed E-state index contributed by atoms with van der Waals surface area (Å²) in [5.41, 5.74) is 0.401. The number of hydrogen-bond donors (Lipinski definition) is 2. The Morgan fingerprint density at radius 3 is 2.47 bits per heavy atom. The van der Waals surface area contributed by atoms with Crippen LogP contribution in [-0.4, -0.2) is 11.8 Å². The summed E-state index contributed by atoms with van der Waals surface area (Å²) >= 11 is 1.34. The van der Waals surface area contributed by atoms with E-state index in [9.17, 15) is 22.8 Å². The number of nitrogens with one attached hydrogen (secondary N) is 2. The lowest BCUT2D eigenvalue weighted by atomic mass is 9.72. The molecule has 0 saturated heterocycles. The van der Waals surface area contributed by atoms with Crippen molar-refractivity contribution in [3.8, 4) is 0 Å². The average molecular weight is 491 g/mol. The number of carbonyl (C=O) groups is 2. The van der Waals surface area contributed by atoms with Gasteiger partial charge in [0.05, 0.1) is 17.4 Å². The number of thiophene rings is 1.